The standard InChI is InChI=1S/C23H19Cl2N3O/c1-14-5-4-6-21(25)22(14)27-23(29)18(13-26)12-17-11-15(2)28(16(17)3)20-9-7-19(24)8-10-20/h4-12H,1-3H3,(H,27,29)/b18-12+. The third kappa shape index (κ3) is 4.37. The molecule has 3 aromatic rings. The molecular weight excluding hydrogens is 405 g/mol. The zero-order valence-corrected chi connectivity index (χ0v) is 17.8. The van der Waals surface area contributed by atoms with Crippen LogP contribution in [0.2, 0.25) is 10.0 Å². The Kier molecular flexibility index (Phi) is 6.12. The molecule has 0 atom stereocenters. The third-order valence-corrected chi connectivity index (χ3v) is 5.25. The van der Waals surface area contributed by atoms with Gasteiger partial charge in [-0.3, -0.25) is 4.79 Å². The van der Waals surface area contributed by atoms with Gasteiger partial charge in [-0.2, -0.15) is 5.26 Å². The van der Waals surface area contributed by atoms with Crippen molar-refractivity contribution in [1.82, 2.24) is 4.57 Å². The Morgan fingerprint density at radius 2 is 1.79 bits per heavy atom. The number of rotatable bonds is 4. The molecule has 29 heavy (non-hydrogen) atoms. The fraction of sp³-hybridized carbons (Fsp3) is 0.130. The summed E-state index contributed by atoms with van der Waals surface area (Å²) in [7, 11) is 0. The molecule has 0 saturated heterocycles. The number of carbonyl (C=O) groups is 1. The van der Waals surface area contributed by atoms with Gasteiger partial charge >= 0.3 is 0 Å². The zero-order chi connectivity index (χ0) is 21.1. The first kappa shape index (κ1) is 20.7. The van der Waals surface area contributed by atoms with Gasteiger partial charge in [-0.25, -0.2) is 0 Å². The third-order valence-electron chi connectivity index (χ3n) is 4.68. The van der Waals surface area contributed by atoms with E-state index >= 15 is 0 Å². The summed E-state index contributed by atoms with van der Waals surface area (Å²) in [5.41, 5.74) is 4.98. The van der Waals surface area contributed by atoms with E-state index in [0.717, 1.165) is 28.2 Å². The Hall–Kier alpha value is -3.00. The van der Waals surface area contributed by atoms with Gasteiger partial charge in [-0.1, -0.05) is 35.3 Å². The van der Waals surface area contributed by atoms with Crippen LogP contribution >= 0.6 is 23.2 Å². The van der Waals surface area contributed by atoms with Gasteiger partial charge in [0.1, 0.15) is 11.6 Å². The number of benzene rings is 2. The van der Waals surface area contributed by atoms with Gasteiger partial charge in [0.25, 0.3) is 5.91 Å². The minimum Gasteiger partial charge on any atom is -0.320 e. The van der Waals surface area contributed by atoms with E-state index in [9.17, 15) is 10.1 Å². The van der Waals surface area contributed by atoms with Crippen molar-refractivity contribution in [2.45, 2.75) is 20.8 Å². The molecule has 1 amide bonds. The molecule has 0 bridgehead atoms. The zero-order valence-electron chi connectivity index (χ0n) is 16.3. The minimum atomic E-state index is -0.500. The highest BCUT2D eigenvalue weighted by molar-refractivity contribution is 6.34. The van der Waals surface area contributed by atoms with Crippen molar-refractivity contribution in [2.24, 2.45) is 0 Å². The molecule has 0 saturated carbocycles. The van der Waals surface area contributed by atoms with Crippen molar-refractivity contribution in [2.75, 3.05) is 5.32 Å². The first-order chi connectivity index (χ1) is 13.8. The normalized spacial score (nSPS) is 11.2. The number of halogens is 2. The van der Waals surface area contributed by atoms with Gasteiger partial charge in [0.05, 0.1) is 10.7 Å². The lowest BCUT2D eigenvalue weighted by Crippen LogP contribution is -2.14. The Bertz CT molecular complexity index is 1130. The van der Waals surface area contributed by atoms with E-state index in [4.69, 9.17) is 23.2 Å². The Morgan fingerprint density at radius 1 is 1.10 bits per heavy atom. The van der Waals surface area contributed by atoms with Gasteiger partial charge in [0.15, 0.2) is 0 Å². The number of hydrogen-bond donors (Lipinski definition) is 1. The second-order valence-electron chi connectivity index (χ2n) is 6.69. The highest BCUT2D eigenvalue weighted by Gasteiger charge is 2.15. The highest BCUT2D eigenvalue weighted by atomic mass is 35.5. The lowest BCUT2D eigenvalue weighted by atomic mass is 10.1. The fourth-order valence-electron chi connectivity index (χ4n) is 3.20. The molecule has 0 radical (unpaired) electrons. The van der Waals surface area contributed by atoms with E-state index in [2.05, 4.69) is 5.32 Å². The van der Waals surface area contributed by atoms with Crippen LogP contribution in [-0.4, -0.2) is 10.5 Å². The number of nitriles is 1. The topological polar surface area (TPSA) is 57.8 Å². The van der Waals surface area contributed by atoms with Crippen molar-refractivity contribution >= 4 is 40.9 Å². The molecule has 1 aromatic heterocycles. The second kappa shape index (κ2) is 8.57. The van der Waals surface area contributed by atoms with Crippen LogP contribution in [0.3, 0.4) is 0 Å². The largest absolute Gasteiger partial charge is 0.320 e. The first-order valence-corrected chi connectivity index (χ1v) is 9.70. The van der Waals surface area contributed by atoms with Crippen LogP contribution in [0.25, 0.3) is 11.8 Å². The number of nitrogens with one attached hydrogen (secondary N) is 1. The number of nitrogens with zero attached hydrogens (tertiary/aromatic N) is 2. The van der Waals surface area contributed by atoms with E-state index in [1.165, 1.54) is 0 Å². The summed E-state index contributed by atoms with van der Waals surface area (Å²) in [5.74, 6) is -0.500. The molecule has 146 valence electrons. The molecule has 3 rings (SSSR count). The monoisotopic (exact) mass is 423 g/mol. The van der Waals surface area contributed by atoms with Gasteiger partial charge in [-0.15, -0.1) is 0 Å². The van der Waals surface area contributed by atoms with Crippen LogP contribution in [0.5, 0.6) is 0 Å². The molecule has 0 aliphatic rings. The van der Waals surface area contributed by atoms with Crippen LogP contribution < -0.4 is 5.32 Å². The minimum absolute atomic E-state index is 0.000626. The summed E-state index contributed by atoms with van der Waals surface area (Å²) >= 11 is 12.2. The van der Waals surface area contributed by atoms with Crippen LogP contribution in [0.1, 0.15) is 22.5 Å². The molecule has 0 aliphatic carbocycles. The quantitative estimate of drug-likeness (QED) is 0.397. The van der Waals surface area contributed by atoms with Gasteiger partial charge in [0, 0.05) is 22.1 Å². The smallest absolute Gasteiger partial charge is 0.266 e. The van der Waals surface area contributed by atoms with Crippen molar-refractivity contribution in [3.05, 3.63) is 86.7 Å². The van der Waals surface area contributed by atoms with E-state index in [-0.39, 0.29) is 5.57 Å². The van der Waals surface area contributed by atoms with Crippen LogP contribution in [0.15, 0.2) is 54.1 Å². The number of hydrogen-bond acceptors (Lipinski definition) is 2. The summed E-state index contributed by atoms with van der Waals surface area (Å²) in [5, 5.41) is 13.4. The maximum atomic E-state index is 12.7. The molecule has 0 aliphatic heterocycles. The molecule has 2 aromatic carbocycles. The number of para-hydroxylation sites is 1. The van der Waals surface area contributed by atoms with Crippen LogP contribution in [0.4, 0.5) is 5.69 Å². The van der Waals surface area contributed by atoms with Gasteiger partial charge < -0.3 is 9.88 Å². The maximum Gasteiger partial charge on any atom is 0.266 e. The lowest BCUT2D eigenvalue weighted by Gasteiger charge is -2.10. The molecule has 0 fully saturated rings. The summed E-state index contributed by atoms with van der Waals surface area (Å²) < 4.78 is 2.05. The average molecular weight is 424 g/mol. The van der Waals surface area contributed by atoms with E-state index in [0.29, 0.717) is 15.7 Å². The lowest BCUT2D eigenvalue weighted by molar-refractivity contribution is -0.112. The number of aromatic nitrogens is 1. The van der Waals surface area contributed by atoms with Gasteiger partial charge in [0.2, 0.25) is 0 Å². The molecule has 4 nitrogen and oxygen atoms in total. The second-order valence-corrected chi connectivity index (χ2v) is 7.54. The molecule has 1 heterocycles. The van der Waals surface area contributed by atoms with Gasteiger partial charge in [-0.05, 0) is 74.4 Å². The fourth-order valence-corrected chi connectivity index (χ4v) is 3.59. The SMILES string of the molecule is Cc1cccc(Cl)c1NC(=O)/C(C#N)=C/c1cc(C)n(-c2ccc(Cl)cc2)c1C. The highest BCUT2D eigenvalue weighted by Crippen LogP contribution is 2.27. The van der Waals surface area contributed by atoms with Crippen molar-refractivity contribution in [1.29, 1.82) is 5.26 Å². The van der Waals surface area contributed by atoms with Crippen LogP contribution in [0, 0.1) is 32.1 Å². The van der Waals surface area contributed by atoms with Crippen LogP contribution in [-0.2, 0) is 4.79 Å². The Morgan fingerprint density at radius 3 is 2.41 bits per heavy atom. The number of amides is 1. The van der Waals surface area contributed by atoms with Crippen molar-refractivity contribution in [3.8, 4) is 11.8 Å². The summed E-state index contributed by atoms with van der Waals surface area (Å²) in [6.45, 7) is 5.76. The number of aryl methyl sites for hydroxylation is 2. The number of anilines is 1. The molecule has 6 heteroatoms. The average Bonchev–Trinajstić information content (AvgIpc) is 2.96. The van der Waals surface area contributed by atoms with E-state index in [1.54, 1.807) is 18.2 Å². The summed E-state index contributed by atoms with van der Waals surface area (Å²) in [6.07, 6.45) is 1.59. The predicted molar refractivity (Wildman–Crippen MR) is 119 cm³/mol. The Balaban J connectivity index is 1.96. The maximum absolute atomic E-state index is 12.7. The predicted octanol–water partition coefficient (Wildman–Crippen LogP) is 6.26. The van der Waals surface area contributed by atoms with Crippen molar-refractivity contribution < 1.29 is 4.79 Å². The summed E-state index contributed by atoms with van der Waals surface area (Å²) in [6, 6.07) is 16.8. The molecule has 0 spiro atoms. The van der Waals surface area contributed by atoms with E-state index in [1.807, 2.05) is 67.8 Å². The Labute approximate surface area is 180 Å². The van der Waals surface area contributed by atoms with E-state index < -0.39 is 5.91 Å². The first-order valence-electron chi connectivity index (χ1n) is 8.95. The number of carbonyl (C=O) groups excluding carboxylic acids is 1. The molecular formula is C23H19Cl2N3O. The molecule has 0 unspecified atom stereocenters. The summed E-state index contributed by atoms with van der Waals surface area (Å²) in [4.78, 5) is 12.7. The molecule has 1 N–H and O–H groups in total. The van der Waals surface area contributed by atoms with Crippen molar-refractivity contribution in [3.63, 3.8) is 0 Å².